The van der Waals surface area contributed by atoms with Crippen LogP contribution in [0.15, 0.2) is 30.3 Å². The molecule has 0 aromatic heterocycles. The summed E-state index contributed by atoms with van der Waals surface area (Å²) in [5.41, 5.74) is 3.71. The van der Waals surface area contributed by atoms with Gasteiger partial charge in [-0.1, -0.05) is 24.3 Å². The number of benzene rings is 2. The summed E-state index contributed by atoms with van der Waals surface area (Å²) in [7, 11) is 2.01. The smallest absolute Gasteiger partial charge is 0.254 e. The molecule has 0 bridgehead atoms. The van der Waals surface area contributed by atoms with E-state index in [9.17, 15) is 4.79 Å². The number of likely N-dealkylation sites (tertiary alicyclic amines) is 1. The number of nitrogens with zero attached hydrogens (tertiary/aromatic N) is 1. The van der Waals surface area contributed by atoms with Crippen molar-refractivity contribution in [1.82, 2.24) is 10.2 Å². The fourth-order valence-corrected chi connectivity index (χ4v) is 4.38. The number of aryl methyl sites for hydroxylation is 2. The molecule has 1 aliphatic carbocycles. The zero-order valence-electron chi connectivity index (χ0n) is 14.9. The van der Waals surface area contributed by atoms with Crippen LogP contribution in [0.5, 0.6) is 0 Å². The van der Waals surface area contributed by atoms with E-state index in [1.807, 2.05) is 7.05 Å². The number of amides is 1. The fraction of sp³-hybridized carbons (Fsp3) is 0.476. The third-order valence-corrected chi connectivity index (χ3v) is 5.81. The minimum absolute atomic E-state index is 0. The van der Waals surface area contributed by atoms with Gasteiger partial charge in [0.25, 0.3) is 5.91 Å². The van der Waals surface area contributed by atoms with E-state index in [0.717, 1.165) is 62.2 Å². The molecule has 1 aliphatic heterocycles. The van der Waals surface area contributed by atoms with Crippen molar-refractivity contribution < 1.29 is 4.79 Å². The zero-order chi connectivity index (χ0) is 16.5. The van der Waals surface area contributed by atoms with E-state index < -0.39 is 0 Å². The molecule has 0 atom stereocenters. The quantitative estimate of drug-likeness (QED) is 0.901. The molecule has 1 fully saturated rings. The van der Waals surface area contributed by atoms with Crippen LogP contribution in [0.4, 0.5) is 0 Å². The Morgan fingerprint density at radius 1 is 1.12 bits per heavy atom. The van der Waals surface area contributed by atoms with Crippen molar-refractivity contribution >= 4 is 29.1 Å². The van der Waals surface area contributed by atoms with Gasteiger partial charge in [-0.15, -0.1) is 12.4 Å². The second-order valence-electron chi connectivity index (χ2n) is 7.24. The van der Waals surface area contributed by atoms with Crippen LogP contribution >= 0.6 is 12.4 Å². The predicted octanol–water partition coefficient (Wildman–Crippen LogP) is 3.82. The van der Waals surface area contributed by atoms with Gasteiger partial charge < -0.3 is 10.2 Å². The number of hydrogen-bond acceptors (Lipinski definition) is 2. The first kappa shape index (κ1) is 18.2. The highest BCUT2D eigenvalue weighted by molar-refractivity contribution is 6.09. The molecule has 3 nitrogen and oxygen atoms in total. The maximum Gasteiger partial charge on any atom is 0.254 e. The van der Waals surface area contributed by atoms with E-state index in [1.54, 1.807) is 0 Å². The van der Waals surface area contributed by atoms with Gasteiger partial charge in [0.1, 0.15) is 0 Å². The minimum Gasteiger partial charge on any atom is -0.339 e. The van der Waals surface area contributed by atoms with Crippen LogP contribution < -0.4 is 5.32 Å². The molecule has 1 N–H and O–H groups in total. The maximum atomic E-state index is 13.1. The molecule has 25 heavy (non-hydrogen) atoms. The van der Waals surface area contributed by atoms with Crippen molar-refractivity contribution in [3.05, 3.63) is 47.0 Å². The zero-order valence-corrected chi connectivity index (χ0v) is 15.7. The van der Waals surface area contributed by atoms with E-state index in [2.05, 4.69) is 40.5 Å². The second-order valence-corrected chi connectivity index (χ2v) is 7.24. The van der Waals surface area contributed by atoms with E-state index >= 15 is 0 Å². The number of hydrogen-bond donors (Lipinski definition) is 1. The normalized spacial score (nSPS) is 16.9. The number of carbonyl (C=O) groups excluding carboxylic acids is 1. The Labute approximate surface area is 156 Å². The monoisotopic (exact) mass is 358 g/mol. The van der Waals surface area contributed by atoms with Crippen LogP contribution in [-0.2, 0) is 12.8 Å². The number of carbonyl (C=O) groups is 1. The third-order valence-electron chi connectivity index (χ3n) is 5.81. The first-order valence-electron chi connectivity index (χ1n) is 9.25. The summed E-state index contributed by atoms with van der Waals surface area (Å²) in [6.07, 6.45) is 5.71. The summed E-state index contributed by atoms with van der Waals surface area (Å²) in [4.78, 5) is 15.2. The Morgan fingerprint density at radius 3 is 2.56 bits per heavy atom. The standard InChI is InChI=1S/C21H26N2O.ClH/c1-22-12-9-15-10-13-23(14-11-15)21(24)19-8-7-17-6-5-16-3-2-4-18(19)20(16)17;/h2-4,7-8,15,22H,5-6,9-14H2,1H3;1H. The van der Waals surface area contributed by atoms with Gasteiger partial charge in [0.05, 0.1) is 0 Å². The predicted molar refractivity (Wildman–Crippen MR) is 106 cm³/mol. The third kappa shape index (κ3) is 3.40. The van der Waals surface area contributed by atoms with Crippen molar-refractivity contribution in [2.75, 3.05) is 26.7 Å². The highest BCUT2D eigenvalue weighted by Gasteiger charge is 2.25. The van der Waals surface area contributed by atoms with Gasteiger partial charge in [-0.3, -0.25) is 4.79 Å². The number of piperidine rings is 1. The van der Waals surface area contributed by atoms with E-state index in [-0.39, 0.29) is 18.3 Å². The molecule has 0 saturated carbocycles. The molecular formula is C21H27ClN2O. The highest BCUT2D eigenvalue weighted by Crippen LogP contribution is 2.33. The van der Waals surface area contributed by atoms with Gasteiger partial charge in [0.2, 0.25) is 0 Å². The van der Waals surface area contributed by atoms with Gasteiger partial charge >= 0.3 is 0 Å². The lowest BCUT2D eigenvalue weighted by Crippen LogP contribution is -2.39. The molecule has 4 heteroatoms. The lowest BCUT2D eigenvalue weighted by molar-refractivity contribution is 0.0689. The largest absolute Gasteiger partial charge is 0.339 e. The molecule has 0 radical (unpaired) electrons. The molecule has 2 aromatic carbocycles. The van der Waals surface area contributed by atoms with Gasteiger partial charge in [-0.25, -0.2) is 0 Å². The highest BCUT2D eigenvalue weighted by atomic mass is 35.5. The second kappa shape index (κ2) is 7.76. The van der Waals surface area contributed by atoms with Crippen LogP contribution in [0, 0.1) is 5.92 Å². The van der Waals surface area contributed by atoms with Crippen LogP contribution in [-0.4, -0.2) is 37.5 Å². The minimum atomic E-state index is 0. The first-order chi connectivity index (χ1) is 11.8. The van der Waals surface area contributed by atoms with Crippen LogP contribution in [0.25, 0.3) is 10.8 Å². The summed E-state index contributed by atoms with van der Waals surface area (Å²) >= 11 is 0. The average molecular weight is 359 g/mol. The lowest BCUT2D eigenvalue weighted by Gasteiger charge is -2.32. The summed E-state index contributed by atoms with van der Waals surface area (Å²) in [5.74, 6) is 0.979. The van der Waals surface area contributed by atoms with E-state index in [0.29, 0.717) is 0 Å². The van der Waals surface area contributed by atoms with Crippen molar-refractivity contribution in [1.29, 1.82) is 0 Å². The summed E-state index contributed by atoms with van der Waals surface area (Å²) in [6.45, 7) is 2.87. The first-order valence-corrected chi connectivity index (χ1v) is 9.25. The van der Waals surface area contributed by atoms with Gasteiger partial charge in [-0.2, -0.15) is 0 Å². The molecule has 1 saturated heterocycles. The Morgan fingerprint density at radius 2 is 1.84 bits per heavy atom. The maximum absolute atomic E-state index is 13.1. The Balaban J connectivity index is 0.00000182. The molecule has 4 rings (SSSR count). The van der Waals surface area contributed by atoms with Crippen molar-refractivity contribution in [3.63, 3.8) is 0 Å². The van der Waals surface area contributed by atoms with Crippen LogP contribution in [0.2, 0.25) is 0 Å². The molecule has 0 unspecified atom stereocenters. The molecule has 2 aliphatic rings. The average Bonchev–Trinajstić information content (AvgIpc) is 3.05. The number of halogens is 1. The van der Waals surface area contributed by atoms with E-state index in [1.165, 1.54) is 22.9 Å². The summed E-state index contributed by atoms with van der Waals surface area (Å²) in [5, 5.41) is 5.73. The van der Waals surface area contributed by atoms with Crippen molar-refractivity contribution in [2.45, 2.75) is 32.1 Å². The fourth-order valence-electron chi connectivity index (χ4n) is 4.38. The molecule has 1 amide bonds. The van der Waals surface area contributed by atoms with Crippen LogP contribution in [0.3, 0.4) is 0 Å². The molecule has 1 heterocycles. The van der Waals surface area contributed by atoms with Gasteiger partial charge in [0.15, 0.2) is 0 Å². The molecule has 2 aromatic rings. The Kier molecular flexibility index (Phi) is 5.65. The Bertz CT molecular complexity index is 756. The lowest BCUT2D eigenvalue weighted by atomic mass is 9.92. The van der Waals surface area contributed by atoms with Crippen molar-refractivity contribution in [3.8, 4) is 0 Å². The van der Waals surface area contributed by atoms with Crippen LogP contribution in [0.1, 0.15) is 40.7 Å². The number of nitrogens with one attached hydrogen (secondary N) is 1. The molecule has 134 valence electrons. The molecule has 0 spiro atoms. The summed E-state index contributed by atoms with van der Waals surface area (Å²) < 4.78 is 0. The van der Waals surface area contributed by atoms with Crippen molar-refractivity contribution in [2.24, 2.45) is 5.92 Å². The summed E-state index contributed by atoms with van der Waals surface area (Å²) in [6, 6.07) is 10.7. The Hall–Kier alpha value is -1.58. The number of rotatable bonds is 4. The van der Waals surface area contributed by atoms with Gasteiger partial charge in [-0.05, 0) is 79.6 Å². The topological polar surface area (TPSA) is 32.3 Å². The van der Waals surface area contributed by atoms with Gasteiger partial charge in [0, 0.05) is 18.7 Å². The van der Waals surface area contributed by atoms with E-state index in [4.69, 9.17) is 0 Å². The molecular weight excluding hydrogens is 332 g/mol. The SMILES string of the molecule is CNCCC1CCN(C(=O)c2ccc3c4c(cccc24)CC3)CC1.Cl.